The molecule has 1 aromatic heterocycles. The molecule has 2 N–H and O–H groups in total. The highest BCUT2D eigenvalue weighted by molar-refractivity contribution is 5.42. The van der Waals surface area contributed by atoms with E-state index in [1.807, 2.05) is 19.1 Å². The summed E-state index contributed by atoms with van der Waals surface area (Å²) in [4.78, 5) is 0. The molecule has 2 aromatic rings. The van der Waals surface area contributed by atoms with Gasteiger partial charge in [-0.15, -0.1) is 0 Å². The molecule has 2 atom stereocenters. The molecule has 0 bridgehead atoms. The molecule has 6 nitrogen and oxygen atoms in total. The quantitative estimate of drug-likeness (QED) is 0.852. The maximum Gasteiger partial charge on any atom is 0.127 e. The van der Waals surface area contributed by atoms with Crippen molar-refractivity contribution in [1.29, 1.82) is 0 Å². The molecule has 0 saturated heterocycles. The third-order valence-electron chi connectivity index (χ3n) is 4.52. The van der Waals surface area contributed by atoms with Crippen LogP contribution < -0.4 is 20.1 Å². The van der Waals surface area contributed by atoms with Crippen LogP contribution in [0.4, 0.5) is 5.82 Å². The van der Waals surface area contributed by atoms with Gasteiger partial charge in [-0.3, -0.25) is 0 Å². The number of rotatable bonds is 6. The Labute approximate surface area is 143 Å². The number of aryl methyl sites for hydroxylation is 1. The molecule has 0 unspecified atom stereocenters. The first kappa shape index (κ1) is 16.6. The fourth-order valence-corrected chi connectivity index (χ4v) is 3.15. The number of fused-ring (bicyclic) bond motifs is 1. The third-order valence-corrected chi connectivity index (χ3v) is 4.52. The van der Waals surface area contributed by atoms with Gasteiger partial charge in [-0.2, -0.15) is 5.10 Å². The molecular formula is C18H26N4O2. The Morgan fingerprint density at radius 1 is 1.33 bits per heavy atom. The molecule has 0 amide bonds. The number of methoxy groups -OCH3 is 2. The van der Waals surface area contributed by atoms with Crippen molar-refractivity contribution in [3.63, 3.8) is 0 Å². The van der Waals surface area contributed by atoms with Crippen molar-refractivity contribution in [2.24, 2.45) is 5.92 Å². The van der Waals surface area contributed by atoms with Gasteiger partial charge in [-0.05, 0) is 19.9 Å². The molecule has 1 aromatic carbocycles. The summed E-state index contributed by atoms with van der Waals surface area (Å²) < 4.78 is 12.8. The Bertz CT molecular complexity index is 698. The van der Waals surface area contributed by atoms with E-state index in [9.17, 15) is 0 Å². The second kappa shape index (κ2) is 7.13. The summed E-state index contributed by atoms with van der Waals surface area (Å²) in [5, 5.41) is 11.6. The predicted octanol–water partition coefficient (Wildman–Crippen LogP) is 2.60. The molecule has 0 aliphatic carbocycles. The van der Waals surface area contributed by atoms with Gasteiger partial charge in [-0.25, -0.2) is 4.68 Å². The van der Waals surface area contributed by atoms with Crippen LogP contribution in [0.15, 0.2) is 24.3 Å². The maximum atomic E-state index is 5.50. The van der Waals surface area contributed by atoms with E-state index in [-0.39, 0.29) is 6.04 Å². The summed E-state index contributed by atoms with van der Waals surface area (Å²) in [5.41, 5.74) is 2.19. The lowest BCUT2D eigenvalue weighted by atomic mass is 10.0. The van der Waals surface area contributed by atoms with Crippen LogP contribution in [0.1, 0.15) is 24.2 Å². The van der Waals surface area contributed by atoms with Crippen molar-refractivity contribution >= 4 is 5.82 Å². The predicted molar refractivity (Wildman–Crippen MR) is 94.9 cm³/mol. The lowest BCUT2D eigenvalue weighted by molar-refractivity contribution is 0.364. The monoisotopic (exact) mass is 330 g/mol. The molecule has 2 heterocycles. The van der Waals surface area contributed by atoms with E-state index in [1.54, 1.807) is 14.2 Å². The first-order valence-corrected chi connectivity index (χ1v) is 8.34. The van der Waals surface area contributed by atoms with Gasteiger partial charge in [0.2, 0.25) is 0 Å². The molecule has 1 aliphatic heterocycles. The van der Waals surface area contributed by atoms with Crippen LogP contribution in [0.2, 0.25) is 0 Å². The number of nitrogens with one attached hydrogen (secondary N) is 2. The average Bonchev–Trinajstić information content (AvgIpc) is 2.98. The van der Waals surface area contributed by atoms with Gasteiger partial charge < -0.3 is 20.1 Å². The Hall–Kier alpha value is -2.21. The van der Waals surface area contributed by atoms with Crippen LogP contribution in [0, 0.1) is 12.8 Å². The number of aromatic nitrogens is 2. The summed E-state index contributed by atoms with van der Waals surface area (Å²) in [6, 6.07) is 8.25. The molecule has 3 rings (SSSR count). The lowest BCUT2D eigenvalue weighted by Crippen LogP contribution is -2.36. The number of ether oxygens (including phenoxy) is 2. The Kier molecular flexibility index (Phi) is 4.94. The second-order valence-electron chi connectivity index (χ2n) is 6.34. The first-order valence-electron chi connectivity index (χ1n) is 8.34. The summed E-state index contributed by atoms with van der Waals surface area (Å²) >= 11 is 0. The zero-order valence-electron chi connectivity index (χ0n) is 14.8. The molecule has 0 radical (unpaired) electrons. The molecule has 0 spiro atoms. The fraction of sp³-hybridized carbons (Fsp3) is 0.500. The van der Waals surface area contributed by atoms with Gasteiger partial charge in [0.05, 0.1) is 19.9 Å². The van der Waals surface area contributed by atoms with E-state index in [0.717, 1.165) is 48.2 Å². The van der Waals surface area contributed by atoms with E-state index in [1.165, 1.54) is 0 Å². The Balaban J connectivity index is 1.61. The summed E-state index contributed by atoms with van der Waals surface area (Å²) in [6.45, 7) is 7.00. The van der Waals surface area contributed by atoms with E-state index in [0.29, 0.717) is 5.92 Å². The number of hydrogen-bond acceptors (Lipinski definition) is 5. The zero-order chi connectivity index (χ0) is 17.1. The Morgan fingerprint density at radius 2 is 2.17 bits per heavy atom. The number of anilines is 1. The summed E-state index contributed by atoms with van der Waals surface area (Å²) in [7, 11) is 3.36. The largest absolute Gasteiger partial charge is 0.497 e. The van der Waals surface area contributed by atoms with Crippen molar-refractivity contribution in [2.45, 2.75) is 26.4 Å². The van der Waals surface area contributed by atoms with Crippen LogP contribution >= 0.6 is 0 Å². The van der Waals surface area contributed by atoms with Crippen LogP contribution in [0.25, 0.3) is 0 Å². The highest BCUT2D eigenvalue weighted by Crippen LogP contribution is 2.29. The smallest absolute Gasteiger partial charge is 0.127 e. The average molecular weight is 330 g/mol. The first-order chi connectivity index (χ1) is 11.6. The van der Waals surface area contributed by atoms with Crippen LogP contribution in [0.5, 0.6) is 11.5 Å². The molecular weight excluding hydrogens is 304 g/mol. The SMILES string of the molecule is COc1ccc([C@@H](C)NC[C@@H]2CNc3cc(C)nn3C2)c(OC)c1. The minimum Gasteiger partial charge on any atom is -0.497 e. The van der Waals surface area contributed by atoms with Crippen LogP contribution in [0.3, 0.4) is 0 Å². The van der Waals surface area contributed by atoms with Gasteiger partial charge in [0, 0.05) is 49.3 Å². The summed E-state index contributed by atoms with van der Waals surface area (Å²) in [6.07, 6.45) is 0. The van der Waals surface area contributed by atoms with Gasteiger partial charge in [0.25, 0.3) is 0 Å². The standard InChI is InChI=1S/C18H26N4O2/c1-12-7-18-20-10-14(11-22(18)21-12)9-19-13(2)16-6-5-15(23-3)8-17(16)24-4/h5-8,13-14,19-20H,9-11H2,1-4H3/t13-,14-/m1/s1. The lowest BCUT2D eigenvalue weighted by Gasteiger charge is -2.27. The van der Waals surface area contributed by atoms with Crippen molar-refractivity contribution in [1.82, 2.24) is 15.1 Å². The topological polar surface area (TPSA) is 60.3 Å². The van der Waals surface area contributed by atoms with E-state index >= 15 is 0 Å². The Morgan fingerprint density at radius 3 is 2.92 bits per heavy atom. The van der Waals surface area contributed by atoms with Crippen molar-refractivity contribution in [3.8, 4) is 11.5 Å². The van der Waals surface area contributed by atoms with Crippen LogP contribution in [-0.2, 0) is 6.54 Å². The summed E-state index contributed by atoms with van der Waals surface area (Å²) in [5.74, 6) is 3.28. The zero-order valence-corrected chi connectivity index (χ0v) is 14.8. The van der Waals surface area contributed by atoms with E-state index in [2.05, 4.69) is 39.5 Å². The van der Waals surface area contributed by atoms with Crippen molar-refractivity contribution in [2.75, 3.05) is 32.6 Å². The number of nitrogens with zero attached hydrogens (tertiary/aromatic N) is 2. The minimum absolute atomic E-state index is 0.201. The van der Waals surface area contributed by atoms with Gasteiger partial charge in [0.1, 0.15) is 17.3 Å². The van der Waals surface area contributed by atoms with Gasteiger partial charge in [-0.1, -0.05) is 6.07 Å². The van der Waals surface area contributed by atoms with Gasteiger partial charge >= 0.3 is 0 Å². The second-order valence-corrected chi connectivity index (χ2v) is 6.34. The highest BCUT2D eigenvalue weighted by Gasteiger charge is 2.20. The normalized spacial score (nSPS) is 17.8. The minimum atomic E-state index is 0.201. The molecule has 1 aliphatic rings. The molecule has 24 heavy (non-hydrogen) atoms. The highest BCUT2D eigenvalue weighted by atomic mass is 16.5. The van der Waals surface area contributed by atoms with Crippen molar-refractivity contribution < 1.29 is 9.47 Å². The number of benzene rings is 1. The fourth-order valence-electron chi connectivity index (χ4n) is 3.15. The van der Waals surface area contributed by atoms with E-state index < -0.39 is 0 Å². The maximum absolute atomic E-state index is 5.50. The molecule has 0 saturated carbocycles. The third kappa shape index (κ3) is 3.48. The van der Waals surface area contributed by atoms with Gasteiger partial charge in [0.15, 0.2) is 0 Å². The van der Waals surface area contributed by atoms with Crippen LogP contribution in [-0.4, -0.2) is 37.1 Å². The molecule has 6 heteroatoms. The van der Waals surface area contributed by atoms with E-state index in [4.69, 9.17) is 9.47 Å². The molecule has 0 fully saturated rings. The molecule has 130 valence electrons. The van der Waals surface area contributed by atoms with Crippen molar-refractivity contribution in [3.05, 3.63) is 35.5 Å². The number of hydrogen-bond donors (Lipinski definition) is 2.